The summed E-state index contributed by atoms with van der Waals surface area (Å²) in [4.78, 5) is 24.1. The molecule has 0 spiro atoms. The third kappa shape index (κ3) is 4.77. The second-order valence-electron chi connectivity index (χ2n) is 5.86. The molecule has 6 nitrogen and oxygen atoms in total. The maximum atomic E-state index is 13.2. The maximum Gasteiger partial charge on any atom is 0.230 e. The monoisotopic (exact) mass is 385 g/mol. The Hall–Kier alpha value is -3.05. The predicted molar refractivity (Wildman–Crippen MR) is 97.6 cm³/mol. The van der Waals surface area contributed by atoms with Crippen LogP contribution in [0.15, 0.2) is 57.7 Å². The van der Waals surface area contributed by atoms with E-state index in [1.165, 1.54) is 18.4 Å². The number of allylic oxidation sites excluding steroid dienone is 1. The molecule has 2 aromatic rings. The van der Waals surface area contributed by atoms with E-state index in [2.05, 4.69) is 16.7 Å². The van der Waals surface area contributed by atoms with E-state index >= 15 is 0 Å². The zero-order chi connectivity index (χ0) is 19.2. The Balaban J connectivity index is 1.69. The predicted octanol–water partition coefficient (Wildman–Crippen LogP) is 2.81. The van der Waals surface area contributed by atoms with Crippen LogP contribution in [0, 0.1) is 17.1 Å². The quantitative estimate of drug-likeness (QED) is 0.797. The minimum Gasteiger partial charge on any atom is -0.467 e. The lowest BCUT2D eigenvalue weighted by molar-refractivity contribution is -0.121. The molecule has 0 radical (unpaired) electrons. The molecule has 0 fully saturated rings. The normalized spacial score (nSPS) is 16.6. The van der Waals surface area contributed by atoms with Gasteiger partial charge in [0.2, 0.25) is 11.8 Å². The van der Waals surface area contributed by atoms with Crippen LogP contribution < -0.4 is 10.6 Å². The summed E-state index contributed by atoms with van der Waals surface area (Å²) in [6.45, 7) is 0.265. The Morgan fingerprint density at radius 1 is 1.37 bits per heavy atom. The van der Waals surface area contributed by atoms with Crippen LogP contribution in [0.3, 0.4) is 0 Å². The standard InChI is InChI=1S/C19H16FN3O3S/c20-13-5-3-12(4-6-13)15-8-17(24)23-19(16(15)9-21)27-11-18(25)22-10-14-2-1-7-26-14/h1-7,15H,8,10-11H2,(H,22,25)(H,23,24)/t15-/m0/s1. The zero-order valence-corrected chi connectivity index (χ0v) is 15.0. The zero-order valence-electron chi connectivity index (χ0n) is 14.2. The van der Waals surface area contributed by atoms with Gasteiger partial charge in [0.1, 0.15) is 11.6 Å². The lowest BCUT2D eigenvalue weighted by Crippen LogP contribution is -2.32. The molecule has 0 unspecified atom stereocenters. The molecule has 138 valence electrons. The fourth-order valence-electron chi connectivity index (χ4n) is 2.70. The van der Waals surface area contributed by atoms with Crippen molar-refractivity contribution in [1.29, 1.82) is 5.26 Å². The fourth-order valence-corrected chi connectivity index (χ4v) is 3.61. The van der Waals surface area contributed by atoms with Gasteiger partial charge >= 0.3 is 0 Å². The molecule has 2 N–H and O–H groups in total. The van der Waals surface area contributed by atoms with Gasteiger partial charge in [-0.05, 0) is 29.8 Å². The first-order valence-corrected chi connectivity index (χ1v) is 9.17. The summed E-state index contributed by atoms with van der Waals surface area (Å²) >= 11 is 1.09. The third-order valence-corrected chi connectivity index (χ3v) is 5.03. The van der Waals surface area contributed by atoms with Crippen molar-refractivity contribution in [3.63, 3.8) is 0 Å². The highest BCUT2D eigenvalue weighted by atomic mass is 32.2. The minimum absolute atomic E-state index is 0.0393. The van der Waals surface area contributed by atoms with Crippen LogP contribution >= 0.6 is 11.8 Å². The van der Waals surface area contributed by atoms with Gasteiger partial charge in [-0.2, -0.15) is 5.26 Å². The van der Waals surface area contributed by atoms with Gasteiger partial charge in [0.25, 0.3) is 0 Å². The van der Waals surface area contributed by atoms with Gasteiger partial charge in [0.05, 0.1) is 35.2 Å². The highest BCUT2D eigenvalue weighted by Crippen LogP contribution is 2.35. The molecule has 2 heterocycles. The SMILES string of the molecule is N#CC1=C(SCC(=O)NCc2ccco2)NC(=O)C[C@H]1c1ccc(F)cc1. The Morgan fingerprint density at radius 3 is 2.81 bits per heavy atom. The highest BCUT2D eigenvalue weighted by Gasteiger charge is 2.29. The number of nitriles is 1. The Bertz CT molecular complexity index is 901. The van der Waals surface area contributed by atoms with Gasteiger partial charge < -0.3 is 15.1 Å². The Kier molecular flexibility index (Phi) is 5.94. The Morgan fingerprint density at radius 2 is 2.15 bits per heavy atom. The topological polar surface area (TPSA) is 95.1 Å². The van der Waals surface area contributed by atoms with E-state index in [0.29, 0.717) is 21.9 Å². The second-order valence-corrected chi connectivity index (χ2v) is 6.84. The van der Waals surface area contributed by atoms with Crippen molar-refractivity contribution >= 4 is 23.6 Å². The number of nitrogens with zero attached hydrogens (tertiary/aromatic N) is 1. The summed E-state index contributed by atoms with van der Waals surface area (Å²) in [5.41, 5.74) is 1.05. The van der Waals surface area contributed by atoms with Crippen LogP contribution in [0.25, 0.3) is 0 Å². The average Bonchev–Trinajstić information content (AvgIpc) is 3.18. The van der Waals surface area contributed by atoms with E-state index in [1.807, 2.05) is 0 Å². The van der Waals surface area contributed by atoms with Crippen LogP contribution in [-0.4, -0.2) is 17.6 Å². The molecular weight excluding hydrogens is 369 g/mol. The summed E-state index contributed by atoms with van der Waals surface area (Å²) in [6, 6.07) is 11.3. The number of hydrogen-bond donors (Lipinski definition) is 2. The maximum absolute atomic E-state index is 13.2. The van der Waals surface area contributed by atoms with E-state index in [4.69, 9.17) is 4.42 Å². The molecule has 8 heteroatoms. The molecule has 1 aromatic heterocycles. The van der Waals surface area contributed by atoms with Gasteiger partial charge in [-0.25, -0.2) is 4.39 Å². The van der Waals surface area contributed by atoms with Crippen molar-refractivity contribution in [3.8, 4) is 6.07 Å². The van der Waals surface area contributed by atoms with Crippen molar-refractivity contribution in [1.82, 2.24) is 10.6 Å². The first-order valence-electron chi connectivity index (χ1n) is 8.18. The lowest BCUT2D eigenvalue weighted by atomic mass is 9.87. The summed E-state index contributed by atoms with van der Waals surface area (Å²) in [7, 11) is 0. The number of amides is 2. The molecule has 0 bridgehead atoms. The number of benzene rings is 1. The minimum atomic E-state index is -0.460. The second kappa shape index (κ2) is 8.56. The van der Waals surface area contributed by atoms with Gasteiger partial charge in [-0.1, -0.05) is 23.9 Å². The van der Waals surface area contributed by atoms with Crippen molar-refractivity contribution in [2.24, 2.45) is 0 Å². The molecule has 3 rings (SSSR count). The number of rotatable bonds is 6. The van der Waals surface area contributed by atoms with Crippen molar-refractivity contribution in [3.05, 3.63) is 70.4 Å². The first kappa shape index (κ1) is 18.7. The molecule has 0 aliphatic carbocycles. The van der Waals surface area contributed by atoms with Crippen molar-refractivity contribution in [2.45, 2.75) is 18.9 Å². The van der Waals surface area contributed by atoms with Gasteiger partial charge in [-0.15, -0.1) is 0 Å². The number of hydrogen-bond acceptors (Lipinski definition) is 5. The lowest BCUT2D eigenvalue weighted by Gasteiger charge is -2.25. The van der Waals surface area contributed by atoms with Gasteiger partial charge in [-0.3, -0.25) is 9.59 Å². The number of carbonyl (C=O) groups excluding carboxylic acids is 2. The highest BCUT2D eigenvalue weighted by molar-refractivity contribution is 8.03. The Labute approximate surface area is 159 Å². The molecule has 1 aliphatic rings. The van der Waals surface area contributed by atoms with Crippen LogP contribution in [-0.2, 0) is 16.1 Å². The molecule has 1 aromatic carbocycles. The van der Waals surface area contributed by atoms with E-state index in [-0.39, 0.29) is 36.4 Å². The fraction of sp³-hybridized carbons (Fsp3) is 0.211. The number of carbonyl (C=O) groups is 2. The summed E-state index contributed by atoms with van der Waals surface area (Å²) in [5, 5.41) is 15.3. The first-order chi connectivity index (χ1) is 13.1. The van der Waals surface area contributed by atoms with Crippen LogP contribution in [0.2, 0.25) is 0 Å². The summed E-state index contributed by atoms with van der Waals surface area (Å²) in [6.07, 6.45) is 1.62. The number of halogens is 1. The van der Waals surface area contributed by atoms with Gasteiger partial charge in [0, 0.05) is 12.3 Å². The van der Waals surface area contributed by atoms with Crippen LogP contribution in [0.1, 0.15) is 23.7 Å². The van der Waals surface area contributed by atoms with Crippen LogP contribution in [0.5, 0.6) is 0 Å². The summed E-state index contributed by atoms with van der Waals surface area (Å²) < 4.78 is 18.3. The largest absolute Gasteiger partial charge is 0.467 e. The van der Waals surface area contributed by atoms with E-state index in [9.17, 15) is 19.2 Å². The smallest absolute Gasteiger partial charge is 0.230 e. The van der Waals surface area contributed by atoms with Crippen LogP contribution in [0.4, 0.5) is 4.39 Å². The molecule has 1 atom stereocenters. The van der Waals surface area contributed by atoms with Crippen molar-refractivity contribution in [2.75, 3.05) is 5.75 Å². The molecule has 1 aliphatic heterocycles. The van der Waals surface area contributed by atoms with Crippen molar-refractivity contribution < 1.29 is 18.4 Å². The number of nitrogens with one attached hydrogen (secondary N) is 2. The van der Waals surface area contributed by atoms with E-state index in [0.717, 1.165) is 11.8 Å². The molecule has 2 amide bonds. The number of thioether (sulfide) groups is 1. The molecule has 0 saturated carbocycles. The molecule has 0 saturated heterocycles. The van der Waals surface area contributed by atoms with E-state index < -0.39 is 5.92 Å². The molecule has 27 heavy (non-hydrogen) atoms. The average molecular weight is 385 g/mol. The third-order valence-electron chi connectivity index (χ3n) is 4.02. The van der Waals surface area contributed by atoms with Gasteiger partial charge in [0.15, 0.2) is 0 Å². The van der Waals surface area contributed by atoms with E-state index in [1.54, 1.807) is 24.3 Å². The number of furan rings is 1. The summed E-state index contributed by atoms with van der Waals surface area (Å²) in [5.74, 6) is -0.673. The molecular formula is C19H16FN3O3S.